The molecule has 2 aromatic heterocycles. The van der Waals surface area contributed by atoms with Crippen LogP contribution < -0.4 is 0 Å². The van der Waals surface area contributed by atoms with Crippen LogP contribution in [0.4, 0.5) is 0 Å². The molecule has 0 saturated heterocycles. The Morgan fingerprint density at radius 2 is 2.05 bits per heavy atom. The molecule has 3 rings (SSSR count). The second-order valence-electron chi connectivity index (χ2n) is 4.88. The molecule has 0 spiro atoms. The number of pyridine rings is 1. The number of fused-ring (bicyclic) bond motifs is 1. The van der Waals surface area contributed by atoms with Gasteiger partial charge in [-0.15, -0.1) is 0 Å². The van der Waals surface area contributed by atoms with Gasteiger partial charge in [-0.05, 0) is 52.9 Å². The Morgan fingerprint density at radius 3 is 2.77 bits per heavy atom. The highest BCUT2D eigenvalue weighted by molar-refractivity contribution is 14.1. The Labute approximate surface area is 142 Å². The molecule has 0 aliphatic rings. The molecule has 22 heavy (non-hydrogen) atoms. The van der Waals surface area contributed by atoms with Crippen molar-refractivity contribution in [2.75, 3.05) is 5.75 Å². The number of halogens is 1. The number of sulfone groups is 1. The Kier molecular flexibility index (Phi) is 3.94. The first kappa shape index (κ1) is 15.4. The van der Waals surface area contributed by atoms with Gasteiger partial charge in [0.1, 0.15) is 5.69 Å². The predicted octanol–water partition coefficient (Wildman–Crippen LogP) is 3.03. The van der Waals surface area contributed by atoms with Crippen LogP contribution in [0.25, 0.3) is 22.6 Å². The van der Waals surface area contributed by atoms with Crippen LogP contribution >= 0.6 is 22.6 Å². The molecule has 0 unspecified atom stereocenters. The predicted molar refractivity (Wildman–Crippen MR) is 94.4 cm³/mol. The van der Waals surface area contributed by atoms with Gasteiger partial charge in [-0.3, -0.25) is 4.98 Å². The highest BCUT2D eigenvalue weighted by atomic mass is 127. The van der Waals surface area contributed by atoms with E-state index in [9.17, 15) is 8.42 Å². The first-order chi connectivity index (χ1) is 10.4. The van der Waals surface area contributed by atoms with Crippen molar-refractivity contribution in [3.8, 4) is 11.5 Å². The van der Waals surface area contributed by atoms with E-state index in [1.807, 2.05) is 29.8 Å². The lowest BCUT2D eigenvalue weighted by molar-refractivity contribution is 0.597. The number of hydrogen-bond acceptors (Lipinski definition) is 4. The average Bonchev–Trinajstić information content (AvgIpc) is 2.83. The van der Waals surface area contributed by atoms with Crippen LogP contribution in [0.5, 0.6) is 0 Å². The number of rotatable bonds is 3. The maximum absolute atomic E-state index is 12.3. The van der Waals surface area contributed by atoms with Crippen molar-refractivity contribution >= 4 is 43.5 Å². The molecule has 0 bridgehead atoms. The van der Waals surface area contributed by atoms with E-state index < -0.39 is 9.84 Å². The fourth-order valence-corrected chi connectivity index (χ4v) is 3.86. The number of aryl methyl sites for hydroxylation is 1. The smallest absolute Gasteiger partial charge is 0.180 e. The van der Waals surface area contributed by atoms with Gasteiger partial charge in [0.2, 0.25) is 0 Å². The summed E-state index contributed by atoms with van der Waals surface area (Å²) >= 11 is 2.23. The van der Waals surface area contributed by atoms with Crippen molar-refractivity contribution in [3.05, 3.63) is 40.1 Å². The summed E-state index contributed by atoms with van der Waals surface area (Å²) in [7, 11) is -1.49. The molecule has 0 aliphatic heterocycles. The minimum atomic E-state index is -3.36. The summed E-state index contributed by atoms with van der Waals surface area (Å²) in [6, 6.07) is 9.17. The van der Waals surface area contributed by atoms with Crippen LogP contribution in [0.1, 0.15) is 6.92 Å². The molecule has 114 valence electrons. The molecule has 1 aromatic carbocycles. The standard InChI is InChI=1S/C15H14IN3O2S/c1-3-22(20,21)13-5-4-8-17-14(13)15-18-11-9-10(16)6-7-12(11)19(15)2/h4-9H,3H2,1-2H3. The largest absolute Gasteiger partial charge is 0.326 e. The third-order valence-electron chi connectivity index (χ3n) is 3.54. The van der Waals surface area contributed by atoms with Gasteiger partial charge in [0.15, 0.2) is 15.7 Å². The van der Waals surface area contributed by atoms with E-state index in [2.05, 4.69) is 32.6 Å². The molecule has 7 heteroatoms. The number of nitrogens with zero attached hydrogens (tertiary/aromatic N) is 3. The normalized spacial score (nSPS) is 12.0. The number of benzene rings is 1. The SMILES string of the molecule is CCS(=O)(=O)c1cccnc1-c1nc2cc(I)ccc2n1C. The monoisotopic (exact) mass is 427 g/mol. The van der Waals surface area contributed by atoms with Gasteiger partial charge >= 0.3 is 0 Å². The summed E-state index contributed by atoms with van der Waals surface area (Å²) in [5.41, 5.74) is 2.17. The lowest BCUT2D eigenvalue weighted by atomic mass is 10.3. The van der Waals surface area contributed by atoms with Gasteiger partial charge < -0.3 is 4.57 Å². The highest BCUT2D eigenvalue weighted by Crippen LogP contribution is 2.28. The van der Waals surface area contributed by atoms with Crippen LogP contribution in [0, 0.1) is 3.57 Å². The molecule has 0 atom stereocenters. The molecule has 0 aliphatic carbocycles. The number of hydrogen-bond donors (Lipinski definition) is 0. The van der Waals surface area contributed by atoms with E-state index in [0.717, 1.165) is 14.6 Å². The van der Waals surface area contributed by atoms with Gasteiger partial charge in [-0.2, -0.15) is 0 Å². The average molecular weight is 427 g/mol. The second kappa shape index (κ2) is 5.62. The van der Waals surface area contributed by atoms with Crippen molar-refractivity contribution in [3.63, 3.8) is 0 Å². The van der Waals surface area contributed by atoms with Crippen molar-refractivity contribution < 1.29 is 8.42 Å². The summed E-state index contributed by atoms with van der Waals surface area (Å²) in [5, 5.41) is 0. The Morgan fingerprint density at radius 1 is 1.27 bits per heavy atom. The Hall–Kier alpha value is -1.48. The zero-order valence-corrected chi connectivity index (χ0v) is 15.1. The molecule has 3 aromatic rings. The molecule has 0 fully saturated rings. The van der Waals surface area contributed by atoms with Crippen LogP contribution in [-0.4, -0.2) is 28.7 Å². The summed E-state index contributed by atoms with van der Waals surface area (Å²) in [6.07, 6.45) is 1.59. The van der Waals surface area contributed by atoms with E-state index in [0.29, 0.717) is 11.5 Å². The fourth-order valence-electron chi connectivity index (χ4n) is 2.35. The maximum atomic E-state index is 12.3. The minimum Gasteiger partial charge on any atom is -0.326 e. The van der Waals surface area contributed by atoms with Crippen LogP contribution in [0.2, 0.25) is 0 Å². The van der Waals surface area contributed by atoms with Gasteiger partial charge in [0.25, 0.3) is 0 Å². The van der Waals surface area contributed by atoms with Crippen molar-refractivity contribution in [1.82, 2.24) is 14.5 Å². The lowest BCUT2D eigenvalue weighted by Crippen LogP contribution is -2.08. The lowest BCUT2D eigenvalue weighted by Gasteiger charge is -2.08. The molecule has 0 saturated carbocycles. The van der Waals surface area contributed by atoms with Gasteiger partial charge in [-0.1, -0.05) is 6.92 Å². The second-order valence-corrected chi connectivity index (χ2v) is 8.37. The van der Waals surface area contributed by atoms with Crippen molar-refractivity contribution in [1.29, 1.82) is 0 Å². The highest BCUT2D eigenvalue weighted by Gasteiger charge is 2.22. The Bertz CT molecular complexity index is 964. The zero-order valence-electron chi connectivity index (χ0n) is 12.1. The van der Waals surface area contributed by atoms with Crippen LogP contribution in [0.15, 0.2) is 41.4 Å². The third-order valence-corrected chi connectivity index (χ3v) is 5.97. The van der Waals surface area contributed by atoms with Gasteiger partial charge in [0, 0.05) is 16.8 Å². The molecular formula is C15H14IN3O2S. The van der Waals surface area contributed by atoms with Gasteiger partial charge in [-0.25, -0.2) is 13.4 Å². The first-order valence-corrected chi connectivity index (χ1v) is 9.47. The summed E-state index contributed by atoms with van der Waals surface area (Å²) < 4.78 is 27.6. The summed E-state index contributed by atoms with van der Waals surface area (Å²) in [5.74, 6) is 0.595. The molecule has 0 radical (unpaired) electrons. The minimum absolute atomic E-state index is 0.0353. The van der Waals surface area contributed by atoms with E-state index in [4.69, 9.17) is 0 Å². The first-order valence-electron chi connectivity index (χ1n) is 6.74. The van der Waals surface area contributed by atoms with Gasteiger partial charge in [0.05, 0.1) is 21.7 Å². The van der Waals surface area contributed by atoms with E-state index in [1.165, 1.54) is 0 Å². The fraction of sp³-hybridized carbons (Fsp3) is 0.200. The molecular weight excluding hydrogens is 413 g/mol. The summed E-state index contributed by atoms with van der Waals surface area (Å²) in [6.45, 7) is 1.63. The van der Waals surface area contributed by atoms with Crippen molar-refractivity contribution in [2.24, 2.45) is 7.05 Å². The van der Waals surface area contributed by atoms with Crippen LogP contribution in [-0.2, 0) is 16.9 Å². The third kappa shape index (κ3) is 2.52. The molecule has 5 nitrogen and oxygen atoms in total. The molecule has 2 heterocycles. The van der Waals surface area contributed by atoms with Crippen LogP contribution in [0.3, 0.4) is 0 Å². The molecule has 0 N–H and O–H groups in total. The zero-order chi connectivity index (χ0) is 15.9. The van der Waals surface area contributed by atoms with E-state index in [1.54, 1.807) is 25.3 Å². The molecule has 0 amide bonds. The van der Waals surface area contributed by atoms with E-state index >= 15 is 0 Å². The Balaban J connectivity index is 2.31. The number of imidazole rings is 1. The number of aromatic nitrogens is 3. The maximum Gasteiger partial charge on any atom is 0.180 e. The van der Waals surface area contributed by atoms with E-state index in [-0.39, 0.29) is 10.6 Å². The van der Waals surface area contributed by atoms with Crippen molar-refractivity contribution in [2.45, 2.75) is 11.8 Å². The topological polar surface area (TPSA) is 64.8 Å². The quantitative estimate of drug-likeness (QED) is 0.603. The summed E-state index contributed by atoms with van der Waals surface area (Å²) in [4.78, 5) is 9.09.